The van der Waals surface area contributed by atoms with Crippen molar-refractivity contribution in [3.63, 3.8) is 0 Å². The third-order valence-electron chi connectivity index (χ3n) is 7.66. The molecule has 0 fully saturated rings. The number of unbranched alkanes of at least 4 members (excludes halogenated alkanes) is 12. The Kier molecular flexibility index (Phi) is 20.6. The van der Waals surface area contributed by atoms with E-state index in [0.717, 1.165) is 62.0 Å². The first-order chi connectivity index (χ1) is 21.6. The zero-order valence-corrected chi connectivity index (χ0v) is 28.3. The molecular formula is C39H60O5. The number of carbonyl (C=O) groups is 1. The highest BCUT2D eigenvalue weighted by Crippen LogP contribution is 2.33. The van der Waals surface area contributed by atoms with Gasteiger partial charge in [-0.3, -0.25) is 4.79 Å². The molecule has 0 spiro atoms. The van der Waals surface area contributed by atoms with E-state index in [1.54, 1.807) is 6.08 Å². The summed E-state index contributed by atoms with van der Waals surface area (Å²) in [4.78, 5) is 13.6. The fourth-order valence-electron chi connectivity index (χ4n) is 4.95. The monoisotopic (exact) mass is 608 g/mol. The summed E-state index contributed by atoms with van der Waals surface area (Å²) in [5.41, 5.74) is 1.36. The number of carbonyl (C=O) groups excluding carboxylic acids is 1. The summed E-state index contributed by atoms with van der Waals surface area (Å²) >= 11 is 0. The summed E-state index contributed by atoms with van der Waals surface area (Å²) in [6.45, 7) is 11.3. The van der Waals surface area contributed by atoms with Crippen molar-refractivity contribution < 1.29 is 23.7 Å². The lowest BCUT2D eigenvalue weighted by molar-refractivity contribution is 0.104. The minimum atomic E-state index is -0.121. The molecular weight excluding hydrogens is 548 g/mol. The van der Waals surface area contributed by atoms with Crippen LogP contribution < -0.4 is 18.9 Å². The highest BCUT2D eigenvalue weighted by molar-refractivity contribution is 6.09. The Balaban J connectivity index is 2.24. The summed E-state index contributed by atoms with van der Waals surface area (Å²) in [5.74, 6) is 2.63. The highest BCUT2D eigenvalue weighted by atomic mass is 16.5. The van der Waals surface area contributed by atoms with Gasteiger partial charge in [0.15, 0.2) is 17.3 Å². The van der Waals surface area contributed by atoms with Gasteiger partial charge in [-0.15, -0.1) is 0 Å². The third kappa shape index (κ3) is 15.2. The molecule has 0 aliphatic rings. The van der Waals surface area contributed by atoms with E-state index in [-0.39, 0.29) is 5.78 Å². The Morgan fingerprint density at radius 3 is 1.66 bits per heavy atom. The molecule has 0 atom stereocenters. The topological polar surface area (TPSA) is 54.0 Å². The van der Waals surface area contributed by atoms with Gasteiger partial charge in [-0.2, -0.15) is 0 Å². The summed E-state index contributed by atoms with van der Waals surface area (Å²) in [5, 5.41) is 0. The van der Waals surface area contributed by atoms with Crippen molar-refractivity contribution in [3.05, 3.63) is 53.6 Å². The second-order valence-electron chi connectivity index (χ2n) is 11.7. The first-order valence-corrected chi connectivity index (χ1v) is 17.6. The van der Waals surface area contributed by atoms with E-state index in [9.17, 15) is 4.79 Å². The first-order valence-electron chi connectivity index (χ1n) is 17.6. The van der Waals surface area contributed by atoms with Crippen molar-refractivity contribution in [2.24, 2.45) is 0 Å². The fraction of sp³-hybridized carbons (Fsp3) is 0.615. The van der Waals surface area contributed by atoms with Crippen LogP contribution in [0, 0.1) is 0 Å². The van der Waals surface area contributed by atoms with Crippen LogP contribution in [-0.4, -0.2) is 32.2 Å². The number of para-hydroxylation sites is 1. The molecule has 2 aromatic rings. The average Bonchev–Trinajstić information content (AvgIpc) is 3.04. The van der Waals surface area contributed by atoms with Crippen molar-refractivity contribution >= 4 is 11.9 Å². The van der Waals surface area contributed by atoms with Crippen LogP contribution in [0.15, 0.2) is 42.5 Å². The molecule has 2 rings (SSSR count). The lowest BCUT2D eigenvalue weighted by atomic mass is 10.1. The predicted molar refractivity (Wildman–Crippen MR) is 185 cm³/mol. The van der Waals surface area contributed by atoms with Crippen LogP contribution in [0.1, 0.15) is 146 Å². The van der Waals surface area contributed by atoms with E-state index in [1.165, 1.54) is 57.8 Å². The Morgan fingerprint density at radius 2 is 1.09 bits per heavy atom. The molecule has 44 heavy (non-hydrogen) atoms. The summed E-state index contributed by atoms with van der Waals surface area (Å²) < 4.78 is 24.6. The molecule has 0 bridgehead atoms. The number of rotatable bonds is 27. The van der Waals surface area contributed by atoms with Gasteiger partial charge < -0.3 is 18.9 Å². The van der Waals surface area contributed by atoms with Crippen LogP contribution >= 0.6 is 0 Å². The minimum Gasteiger partial charge on any atom is -0.494 e. The van der Waals surface area contributed by atoms with Crippen LogP contribution in [0.2, 0.25) is 0 Å². The van der Waals surface area contributed by atoms with Gasteiger partial charge in [0.2, 0.25) is 0 Å². The minimum absolute atomic E-state index is 0.121. The lowest BCUT2D eigenvalue weighted by Crippen LogP contribution is -2.07. The standard InChI is InChI=1S/C39H60O5/c1-5-9-13-17-28-41-34-25-27-37(42-29-18-14-10-6-2)33(32-34)24-26-36(40)35-22-21-23-38(43-30-19-15-11-7-3)39(35)44-31-20-16-12-8-4/h21-27,32H,5-20,28-31H2,1-4H3/b26-24+. The van der Waals surface area contributed by atoms with Gasteiger partial charge >= 0.3 is 0 Å². The Labute approximate surface area is 268 Å². The number of ether oxygens (including phenoxy) is 4. The number of hydrogen-bond donors (Lipinski definition) is 0. The Hall–Kier alpha value is -2.95. The molecule has 2 aromatic carbocycles. The molecule has 0 aliphatic carbocycles. The van der Waals surface area contributed by atoms with E-state index < -0.39 is 0 Å². The Morgan fingerprint density at radius 1 is 0.568 bits per heavy atom. The smallest absolute Gasteiger partial charge is 0.189 e. The van der Waals surface area contributed by atoms with Gasteiger partial charge in [-0.1, -0.05) is 111 Å². The molecule has 0 N–H and O–H groups in total. The van der Waals surface area contributed by atoms with Crippen molar-refractivity contribution in [3.8, 4) is 23.0 Å². The molecule has 246 valence electrons. The van der Waals surface area contributed by atoms with Gasteiger partial charge in [0, 0.05) is 5.56 Å². The maximum Gasteiger partial charge on any atom is 0.189 e. The largest absolute Gasteiger partial charge is 0.494 e. The van der Waals surface area contributed by atoms with E-state index in [4.69, 9.17) is 18.9 Å². The third-order valence-corrected chi connectivity index (χ3v) is 7.66. The van der Waals surface area contributed by atoms with Crippen LogP contribution in [0.4, 0.5) is 0 Å². The average molecular weight is 609 g/mol. The van der Waals surface area contributed by atoms with Crippen LogP contribution in [-0.2, 0) is 0 Å². The van der Waals surface area contributed by atoms with E-state index in [2.05, 4.69) is 27.7 Å². The van der Waals surface area contributed by atoms with Crippen molar-refractivity contribution in [1.29, 1.82) is 0 Å². The SMILES string of the molecule is CCCCCCOc1ccc(OCCCCCC)c(/C=C/C(=O)c2cccc(OCCCCCC)c2OCCCCCC)c1. The second-order valence-corrected chi connectivity index (χ2v) is 11.7. The molecule has 5 nitrogen and oxygen atoms in total. The quantitative estimate of drug-likeness (QED) is 0.0574. The number of benzene rings is 2. The predicted octanol–water partition coefficient (Wildman–Crippen LogP) is 11.4. The van der Waals surface area contributed by atoms with Gasteiger partial charge in [-0.25, -0.2) is 0 Å². The maximum absolute atomic E-state index is 13.6. The van der Waals surface area contributed by atoms with Crippen molar-refractivity contribution in [1.82, 2.24) is 0 Å². The summed E-state index contributed by atoms with van der Waals surface area (Å²) in [7, 11) is 0. The van der Waals surface area contributed by atoms with Gasteiger partial charge in [0.05, 0.1) is 32.0 Å². The van der Waals surface area contributed by atoms with E-state index in [0.29, 0.717) is 43.5 Å². The summed E-state index contributed by atoms with van der Waals surface area (Å²) in [6, 6.07) is 11.5. The lowest BCUT2D eigenvalue weighted by Gasteiger charge is -2.16. The molecule has 0 aromatic heterocycles. The van der Waals surface area contributed by atoms with Crippen LogP contribution in [0.25, 0.3) is 6.08 Å². The van der Waals surface area contributed by atoms with Crippen LogP contribution in [0.3, 0.4) is 0 Å². The molecule has 0 amide bonds. The van der Waals surface area contributed by atoms with E-state index in [1.807, 2.05) is 42.5 Å². The Bertz CT molecular complexity index is 1060. The molecule has 0 saturated carbocycles. The van der Waals surface area contributed by atoms with Gasteiger partial charge in [-0.05, 0) is 68.2 Å². The molecule has 0 heterocycles. The van der Waals surface area contributed by atoms with Crippen molar-refractivity contribution in [2.75, 3.05) is 26.4 Å². The number of allylic oxidation sites excluding steroid dienone is 1. The second kappa shape index (κ2) is 24.4. The van der Waals surface area contributed by atoms with Crippen LogP contribution in [0.5, 0.6) is 23.0 Å². The maximum atomic E-state index is 13.6. The van der Waals surface area contributed by atoms with Gasteiger partial charge in [0.25, 0.3) is 0 Å². The first kappa shape index (κ1) is 37.2. The highest BCUT2D eigenvalue weighted by Gasteiger charge is 2.17. The normalized spacial score (nSPS) is 11.2. The summed E-state index contributed by atoms with van der Waals surface area (Å²) in [6.07, 6.45) is 21.6. The zero-order chi connectivity index (χ0) is 31.7. The van der Waals surface area contributed by atoms with Gasteiger partial charge in [0.1, 0.15) is 11.5 Å². The molecule has 5 heteroatoms. The number of ketones is 1. The molecule has 0 unspecified atom stereocenters. The zero-order valence-electron chi connectivity index (χ0n) is 28.3. The number of hydrogen-bond acceptors (Lipinski definition) is 5. The molecule has 0 aliphatic heterocycles. The molecule has 0 radical (unpaired) electrons. The van der Waals surface area contributed by atoms with E-state index >= 15 is 0 Å². The molecule has 0 saturated heterocycles. The fourth-order valence-corrected chi connectivity index (χ4v) is 4.95. The van der Waals surface area contributed by atoms with Crippen molar-refractivity contribution in [2.45, 2.75) is 130 Å².